The molecule has 7 nitrogen and oxygen atoms in total. The van der Waals surface area contributed by atoms with Gasteiger partial charge in [-0.1, -0.05) is 0 Å². The average Bonchev–Trinajstić information content (AvgIpc) is 3.28. The molecular weight excluding hydrogens is 451 g/mol. The van der Waals surface area contributed by atoms with Crippen LogP contribution in [0.25, 0.3) is 22.4 Å². The Kier molecular flexibility index (Phi) is 5.36. The summed E-state index contributed by atoms with van der Waals surface area (Å²) in [5.41, 5.74) is 4.19. The Balaban J connectivity index is 1.93. The molecule has 0 amide bonds. The second kappa shape index (κ2) is 7.80. The molecule has 4 rings (SSSR count). The first-order valence-electron chi connectivity index (χ1n) is 9.25. The van der Waals surface area contributed by atoms with E-state index >= 15 is 0 Å². The quantitative estimate of drug-likeness (QED) is 0.419. The van der Waals surface area contributed by atoms with Gasteiger partial charge in [0.15, 0.2) is 0 Å². The zero-order valence-corrected chi connectivity index (χ0v) is 19.2. The standard InChI is InChI=1S/C20H20AsClN6O/c1-5-29-16-8-11(2)14(22)9-13(16)12(3)28-20-17(19(21)23-10-24-20)18(26-28)15-6-7-27(4)25-15/h6-10,12H,5H2,1-4H3. The molecule has 1 atom stereocenters. The van der Waals surface area contributed by atoms with Crippen LogP contribution < -0.4 is 9.22 Å². The molecule has 2 radical (unpaired) electrons. The predicted octanol–water partition coefficient (Wildman–Crippen LogP) is 2.99. The van der Waals surface area contributed by atoms with Crippen molar-refractivity contribution in [2.75, 3.05) is 6.61 Å². The van der Waals surface area contributed by atoms with Crippen LogP contribution in [0.3, 0.4) is 0 Å². The number of hydrogen-bond donors (Lipinski definition) is 0. The van der Waals surface area contributed by atoms with Gasteiger partial charge in [-0.2, -0.15) is 0 Å². The first-order chi connectivity index (χ1) is 13.9. The number of ether oxygens (including phenoxy) is 1. The Morgan fingerprint density at radius 2 is 2.03 bits per heavy atom. The number of aryl methyl sites for hydroxylation is 2. The van der Waals surface area contributed by atoms with Gasteiger partial charge in [0.25, 0.3) is 0 Å². The van der Waals surface area contributed by atoms with Gasteiger partial charge >= 0.3 is 183 Å². The molecule has 0 aliphatic heterocycles. The van der Waals surface area contributed by atoms with Gasteiger partial charge < -0.3 is 0 Å². The van der Waals surface area contributed by atoms with Gasteiger partial charge in [-0.3, -0.25) is 0 Å². The van der Waals surface area contributed by atoms with E-state index in [1.807, 2.05) is 50.0 Å². The van der Waals surface area contributed by atoms with E-state index in [9.17, 15) is 0 Å². The minimum atomic E-state index is -0.156. The Morgan fingerprint density at radius 1 is 1.24 bits per heavy atom. The second-order valence-electron chi connectivity index (χ2n) is 6.81. The van der Waals surface area contributed by atoms with Crippen molar-refractivity contribution in [1.82, 2.24) is 29.5 Å². The molecule has 0 spiro atoms. The molecule has 0 aliphatic carbocycles. The van der Waals surface area contributed by atoms with Gasteiger partial charge in [-0.25, -0.2) is 0 Å². The summed E-state index contributed by atoms with van der Waals surface area (Å²) < 4.78 is 10.3. The first-order valence-corrected chi connectivity index (χ1v) is 10.6. The first kappa shape index (κ1) is 19.9. The van der Waals surface area contributed by atoms with Crippen LogP contribution in [0.1, 0.15) is 31.0 Å². The van der Waals surface area contributed by atoms with E-state index in [-0.39, 0.29) is 6.04 Å². The van der Waals surface area contributed by atoms with Crippen LogP contribution in [0.2, 0.25) is 5.02 Å². The second-order valence-corrected chi connectivity index (χ2v) is 8.11. The normalized spacial score (nSPS) is 12.5. The summed E-state index contributed by atoms with van der Waals surface area (Å²) in [6.07, 6.45) is 3.44. The van der Waals surface area contributed by atoms with Crippen molar-refractivity contribution in [3.05, 3.63) is 46.9 Å². The fourth-order valence-corrected chi connectivity index (χ4v) is 4.07. The SMILES string of the molecule is CCOc1cc(C)c(Cl)cc1C(C)n1nc(-c2ccn(C)n2)c2c([As])ncnc21. The molecule has 148 valence electrons. The molecule has 0 N–H and O–H groups in total. The Hall–Kier alpha value is -2.37. The molecule has 9 heteroatoms. The monoisotopic (exact) mass is 470 g/mol. The minimum absolute atomic E-state index is 0.156. The van der Waals surface area contributed by atoms with Crippen molar-refractivity contribution in [1.29, 1.82) is 0 Å². The van der Waals surface area contributed by atoms with E-state index < -0.39 is 0 Å². The van der Waals surface area contributed by atoms with Gasteiger partial charge in [0.2, 0.25) is 0 Å². The van der Waals surface area contributed by atoms with E-state index in [4.69, 9.17) is 21.4 Å². The topological polar surface area (TPSA) is 70.7 Å². The maximum atomic E-state index is 6.44. The van der Waals surface area contributed by atoms with Gasteiger partial charge in [-0.05, 0) is 0 Å². The maximum absolute atomic E-state index is 6.44. The molecule has 3 aromatic heterocycles. The summed E-state index contributed by atoms with van der Waals surface area (Å²) in [6.45, 7) is 6.56. The Bertz CT molecular complexity index is 1200. The van der Waals surface area contributed by atoms with E-state index in [1.54, 1.807) is 11.0 Å². The molecule has 0 bridgehead atoms. The van der Waals surface area contributed by atoms with E-state index in [2.05, 4.69) is 38.8 Å². The van der Waals surface area contributed by atoms with Crippen molar-refractivity contribution in [3.63, 3.8) is 0 Å². The number of nitrogens with zero attached hydrogens (tertiary/aromatic N) is 6. The van der Waals surface area contributed by atoms with Gasteiger partial charge in [0, 0.05) is 0 Å². The predicted molar refractivity (Wildman–Crippen MR) is 114 cm³/mol. The molecule has 1 unspecified atom stereocenters. The van der Waals surface area contributed by atoms with Crippen LogP contribution in [0, 0.1) is 6.92 Å². The van der Waals surface area contributed by atoms with Gasteiger partial charge in [0.1, 0.15) is 0 Å². The molecule has 4 aromatic rings. The van der Waals surface area contributed by atoms with Crippen molar-refractivity contribution >= 4 is 44.0 Å². The Morgan fingerprint density at radius 3 is 2.72 bits per heavy atom. The molecule has 3 heterocycles. The molecule has 0 saturated carbocycles. The third-order valence-electron chi connectivity index (χ3n) is 4.83. The van der Waals surface area contributed by atoms with Gasteiger partial charge in [0.05, 0.1) is 0 Å². The van der Waals surface area contributed by atoms with E-state index in [1.165, 1.54) is 0 Å². The number of fused-ring (bicyclic) bond motifs is 1. The molecule has 0 aliphatic rings. The Labute approximate surface area is 182 Å². The van der Waals surface area contributed by atoms with Crippen LogP contribution in [-0.4, -0.2) is 53.0 Å². The third-order valence-corrected chi connectivity index (χ3v) is 5.95. The molecule has 0 saturated heterocycles. The summed E-state index contributed by atoms with van der Waals surface area (Å²) in [4.78, 5) is 8.87. The van der Waals surface area contributed by atoms with Crippen LogP contribution in [-0.2, 0) is 7.05 Å². The molecular formula is C20H20AsClN6O. The molecule has 0 fully saturated rings. The van der Waals surface area contributed by atoms with Crippen molar-refractivity contribution < 1.29 is 4.74 Å². The van der Waals surface area contributed by atoms with Crippen molar-refractivity contribution in [2.24, 2.45) is 7.05 Å². The number of aromatic nitrogens is 6. The third kappa shape index (κ3) is 3.53. The fourth-order valence-electron chi connectivity index (χ4n) is 3.36. The number of halogens is 1. The van der Waals surface area contributed by atoms with E-state index in [0.29, 0.717) is 11.6 Å². The molecule has 29 heavy (non-hydrogen) atoms. The van der Waals surface area contributed by atoms with Crippen LogP contribution in [0.15, 0.2) is 30.7 Å². The average molecular weight is 471 g/mol. The summed E-state index contributed by atoms with van der Waals surface area (Å²) in [5.74, 6) is 0.798. The molecule has 1 aromatic carbocycles. The van der Waals surface area contributed by atoms with Crippen LogP contribution in [0.4, 0.5) is 0 Å². The summed E-state index contributed by atoms with van der Waals surface area (Å²) in [6, 6.07) is 5.70. The zero-order valence-electron chi connectivity index (χ0n) is 16.6. The summed E-state index contributed by atoms with van der Waals surface area (Å²) in [7, 11) is 1.88. The van der Waals surface area contributed by atoms with Gasteiger partial charge in [-0.15, -0.1) is 0 Å². The van der Waals surface area contributed by atoms with Crippen molar-refractivity contribution in [2.45, 2.75) is 26.8 Å². The number of hydrogen-bond acceptors (Lipinski definition) is 5. The number of rotatable bonds is 5. The zero-order chi connectivity index (χ0) is 20.7. The van der Waals surface area contributed by atoms with Crippen LogP contribution >= 0.6 is 11.6 Å². The summed E-state index contributed by atoms with van der Waals surface area (Å²) >= 11 is 8.93. The van der Waals surface area contributed by atoms with Crippen molar-refractivity contribution in [3.8, 4) is 17.1 Å². The number of benzene rings is 1. The van der Waals surface area contributed by atoms with Crippen LogP contribution in [0.5, 0.6) is 5.75 Å². The summed E-state index contributed by atoms with van der Waals surface area (Å²) in [5, 5.41) is 11.0. The van der Waals surface area contributed by atoms with E-state index in [0.717, 1.165) is 43.8 Å². The fraction of sp³-hybridized carbons (Fsp3) is 0.300.